The lowest BCUT2D eigenvalue weighted by Crippen LogP contribution is -2.15. The molecule has 8 nitrogen and oxygen atoms in total. The Morgan fingerprint density at radius 1 is 0.410 bits per heavy atom. The van der Waals surface area contributed by atoms with E-state index in [0.717, 1.165) is 56.8 Å². The molecule has 0 aliphatic rings. The molecule has 0 aliphatic heterocycles. The zero-order valence-electron chi connectivity index (χ0n) is 68.0. The predicted octanol–water partition coefficient (Wildman–Crippen LogP) is 34.1. The number of ether oxygens (including phenoxy) is 3. The second-order valence-corrected chi connectivity index (χ2v) is 30.4. The van der Waals surface area contributed by atoms with E-state index in [4.69, 9.17) is 14.2 Å². The van der Waals surface area contributed by atoms with Crippen molar-refractivity contribution < 1.29 is 19.0 Å². The number of methoxy groups -OCH3 is 1. The Hall–Kier alpha value is -8.69. The normalized spacial score (nSPS) is 12.2. The van der Waals surface area contributed by atoms with E-state index < -0.39 is 0 Å². The van der Waals surface area contributed by atoms with Crippen molar-refractivity contribution in [1.82, 2.24) is 18.3 Å². The SMILES string of the molecule is C.C.C.C.C.C.C.C.C.C.CCCCC(CC)Cn1c2ccccc2c2ccc(C(C)CC)cc21.CCCCCCn1c2ccccc2c2cc(C(CC)CC(C)OCCOC)ccc21.CCOC(=O)c1ccc(Cn2c3ccccc3c3cc(C(C)CC)ccc32)cc1.CCc1c(C)c2cc(C(C)CC)ccc2n1-c1ccc(C)cc1. The summed E-state index contributed by atoms with van der Waals surface area (Å²) in [5.41, 5.74) is 22.3. The highest BCUT2D eigenvalue weighted by atomic mass is 16.5. The summed E-state index contributed by atoms with van der Waals surface area (Å²) >= 11 is 0. The van der Waals surface area contributed by atoms with Crippen molar-refractivity contribution in [3.05, 3.63) is 244 Å². The minimum Gasteiger partial charge on any atom is -0.462 e. The van der Waals surface area contributed by atoms with Gasteiger partial charge in [-0.2, -0.15) is 0 Å². The molecule has 6 atom stereocenters. The first kappa shape index (κ1) is 108. The van der Waals surface area contributed by atoms with Gasteiger partial charge in [0.1, 0.15) is 0 Å². The van der Waals surface area contributed by atoms with Gasteiger partial charge in [-0.05, 0) is 227 Å². The molecular weight excluding hydrogens is 1430 g/mol. The zero-order chi connectivity index (χ0) is 76.1. The first-order valence-corrected chi connectivity index (χ1v) is 41.2. The van der Waals surface area contributed by atoms with E-state index in [1.54, 1.807) is 7.11 Å². The Morgan fingerprint density at radius 3 is 1.40 bits per heavy atom. The van der Waals surface area contributed by atoms with Gasteiger partial charge < -0.3 is 32.5 Å². The van der Waals surface area contributed by atoms with E-state index in [1.807, 2.05) is 31.2 Å². The largest absolute Gasteiger partial charge is 0.462 e. The molecule has 4 aromatic heterocycles. The van der Waals surface area contributed by atoms with Gasteiger partial charge in [0.2, 0.25) is 0 Å². The molecule has 13 rings (SSSR count). The molecule has 9 aromatic carbocycles. The van der Waals surface area contributed by atoms with E-state index in [9.17, 15) is 4.79 Å². The molecule has 646 valence electrons. The van der Waals surface area contributed by atoms with Gasteiger partial charge in [-0.3, -0.25) is 0 Å². The number of esters is 1. The van der Waals surface area contributed by atoms with Crippen LogP contribution in [-0.4, -0.2) is 57.3 Å². The van der Waals surface area contributed by atoms with E-state index >= 15 is 0 Å². The van der Waals surface area contributed by atoms with Gasteiger partial charge in [-0.25, -0.2) is 4.79 Å². The number of unbranched alkanes of at least 4 members (excludes halogenated alkanes) is 4. The second-order valence-electron chi connectivity index (χ2n) is 30.4. The predicted molar refractivity (Wildman–Crippen MR) is 528 cm³/mol. The minimum absolute atomic E-state index is 0. The molecule has 0 radical (unpaired) electrons. The van der Waals surface area contributed by atoms with Crippen LogP contribution in [0.3, 0.4) is 0 Å². The maximum Gasteiger partial charge on any atom is 0.338 e. The third kappa shape index (κ3) is 25.9. The molecule has 0 amide bonds. The zero-order valence-corrected chi connectivity index (χ0v) is 68.0. The van der Waals surface area contributed by atoms with Gasteiger partial charge in [0.25, 0.3) is 0 Å². The van der Waals surface area contributed by atoms with Crippen LogP contribution < -0.4 is 0 Å². The second kappa shape index (κ2) is 53.0. The van der Waals surface area contributed by atoms with Gasteiger partial charge in [0.15, 0.2) is 0 Å². The Labute approximate surface area is 715 Å². The molecular formula is C109H166N4O4. The van der Waals surface area contributed by atoms with Crippen LogP contribution in [0.2, 0.25) is 0 Å². The number of fused-ring (bicyclic) bond motifs is 10. The number of rotatable bonds is 31. The van der Waals surface area contributed by atoms with Gasteiger partial charge in [0.05, 0.1) is 37.0 Å². The van der Waals surface area contributed by atoms with Crippen LogP contribution in [0.25, 0.3) is 82.0 Å². The quantitative estimate of drug-likeness (QED) is 0.0321. The third-order valence-electron chi connectivity index (χ3n) is 23.2. The van der Waals surface area contributed by atoms with Gasteiger partial charge >= 0.3 is 5.97 Å². The third-order valence-corrected chi connectivity index (χ3v) is 23.2. The standard InChI is InChI=1S/C27H39NO2.C26H27NO2.C24H33N.C22H27N.10CH4/c1-5-7-8-11-16-28-26-13-10-9-12-24(26)25-20-23(14-15-27(25)28)22(6-2)19-21(3)30-18-17-29-4;1-4-18(3)21-14-15-25-23(16-21)22-8-6-7-9-24(22)27(25)17-19-10-12-20(13-11-19)26(28)29-5-2;1-5-8-11-19(7-3)17-25-23-13-10-9-12-21(23)22-15-14-20(16-24(22)25)18(4)6-2;1-6-16(4)18-10-13-22-20(14-18)17(5)21(7-2)23(22)19-11-8-15(3)9-12-19;;;;;;;;;;/h9-10,12-15,20-22H,5-8,11,16-19H2,1-4H3;6-16,18H,4-5,17H2,1-3H3;9-10,12-16,18-19H,5-8,11,17H2,1-4H3;8-14,16H,6-7H2,1-5H3;10*1H4. The van der Waals surface area contributed by atoms with Crippen molar-refractivity contribution >= 4 is 82.3 Å². The minimum atomic E-state index is -0.270. The number of para-hydroxylation sites is 3. The first-order chi connectivity index (χ1) is 52.1. The number of carbonyl (C=O) groups excluding carboxylic acids is 1. The highest BCUT2D eigenvalue weighted by Gasteiger charge is 2.22. The molecule has 0 fully saturated rings. The number of hydrogen-bond donors (Lipinski definition) is 0. The summed E-state index contributed by atoms with van der Waals surface area (Å²) in [6.45, 7) is 38.3. The number of nitrogens with zero attached hydrogens (tertiary/aromatic N) is 4. The van der Waals surface area contributed by atoms with E-state index in [1.165, 1.54) is 185 Å². The summed E-state index contributed by atoms with van der Waals surface area (Å²) in [6.07, 6.45) is 17.4. The maximum absolute atomic E-state index is 11.9. The highest BCUT2D eigenvalue weighted by Crippen LogP contribution is 2.39. The summed E-state index contributed by atoms with van der Waals surface area (Å²) in [5, 5.41) is 9.58. The van der Waals surface area contributed by atoms with Crippen molar-refractivity contribution in [2.75, 3.05) is 26.9 Å². The van der Waals surface area contributed by atoms with Crippen molar-refractivity contribution in [3.8, 4) is 5.69 Å². The van der Waals surface area contributed by atoms with E-state index in [2.05, 4.69) is 285 Å². The van der Waals surface area contributed by atoms with Crippen molar-refractivity contribution in [1.29, 1.82) is 0 Å². The summed E-state index contributed by atoms with van der Waals surface area (Å²) in [6, 6.07) is 71.2. The van der Waals surface area contributed by atoms with Crippen molar-refractivity contribution in [2.45, 2.75) is 317 Å². The fourth-order valence-corrected chi connectivity index (χ4v) is 16.0. The fourth-order valence-electron chi connectivity index (χ4n) is 16.0. The van der Waals surface area contributed by atoms with Crippen LogP contribution in [0.4, 0.5) is 0 Å². The van der Waals surface area contributed by atoms with Gasteiger partial charge in [0, 0.05) is 109 Å². The van der Waals surface area contributed by atoms with Crippen LogP contribution in [0.1, 0.15) is 326 Å². The Morgan fingerprint density at radius 2 is 0.880 bits per heavy atom. The average molecular weight is 1600 g/mol. The average Bonchev–Trinajstić information content (AvgIpc) is 1.52. The number of aryl methyl sites for hydroxylation is 3. The molecule has 0 saturated heterocycles. The van der Waals surface area contributed by atoms with Crippen LogP contribution in [0, 0.1) is 19.8 Å². The Kier molecular flexibility index (Phi) is 49.0. The van der Waals surface area contributed by atoms with Crippen LogP contribution >= 0.6 is 0 Å². The van der Waals surface area contributed by atoms with Crippen molar-refractivity contribution in [2.24, 2.45) is 5.92 Å². The molecule has 4 heterocycles. The molecule has 0 spiro atoms. The molecule has 13 aromatic rings. The molecule has 0 N–H and O–H groups in total. The maximum atomic E-state index is 11.9. The molecule has 8 heteroatoms. The first-order valence-electron chi connectivity index (χ1n) is 41.2. The van der Waals surface area contributed by atoms with E-state index in [0.29, 0.717) is 49.1 Å². The number of hydrogen-bond acceptors (Lipinski definition) is 4. The van der Waals surface area contributed by atoms with Crippen LogP contribution in [0.5, 0.6) is 0 Å². The monoisotopic (exact) mass is 1600 g/mol. The molecule has 0 aliphatic carbocycles. The fraction of sp³-hybridized carbons (Fsp3) is 0.477. The summed E-state index contributed by atoms with van der Waals surface area (Å²) in [4.78, 5) is 11.9. The molecule has 117 heavy (non-hydrogen) atoms. The summed E-state index contributed by atoms with van der Waals surface area (Å²) < 4.78 is 26.1. The molecule has 0 bridgehead atoms. The van der Waals surface area contributed by atoms with Gasteiger partial charge in [-0.1, -0.05) is 304 Å². The number of benzene rings is 9. The molecule has 6 unspecified atom stereocenters. The van der Waals surface area contributed by atoms with Crippen molar-refractivity contribution in [3.63, 3.8) is 0 Å². The van der Waals surface area contributed by atoms with Crippen LogP contribution in [-0.2, 0) is 40.3 Å². The molecule has 0 saturated carbocycles. The topological polar surface area (TPSA) is 64.5 Å². The lowest BCUT2D eigenvalue weighted by molar-refractivity contribution is 0.0191. The number of carbonyl (C=O) groups is 1. The lowest BCUT2D eigenvalue weighted by atomic mass is 9.90. The van der Waals surface area contributed by atoms with E-state index in [-0.39, 0.29) is 86.3 Å². The Bertz CT molecular complexity index is 4960. The Balaban J connectivity index is 0.00000150. The van der Waals surface area contributed by atoms with Crippen LogP contribution in [0.15, 0.2) is 194 Å². The lowest BCUT2D eigenvalue weighted by Gasteiger charge is -2.21. The highest BCUT2D eigenvalue weighted by molar-refractivity contribution is 6.10. The van der Waals surface area contributed by atoms with Gasteiger partial charge in [-0.15, -0.1) is 0 Å². The number of aromatic nitrogens is 4. The smallest absolute Gasteiger partial charge is 0.338 e. The summed E-state index contributed by atoms with van der Waals surface area (Å²) in [7, 11) is 1.72. The summed E-state index contributed by atoms with van der Waals surface area (Å²) in [5.74, 6) is 2.81.